The van der Waals surface area contributed by atoms with Crippen LogP contribution < -0.4 is 10.6 Å². The van der Waals surface area contributed by atoms with Crippen LogP contribution in [0.1, 0.15) is 36.5 Å². The van der Waals surface area contributed by atoms with Gasteiger partial charge in [0.2, 0.25) is 0 Å². The minimum absolute atomic E-state index is 0.0706. The summed E-state index contributed by atoms with van der Waals surface area (Å²) in [5, 5.41) is 6.17. The Morgan fingerprint density at radius 3 is 3.05 bits per heavy atom. The zero-order valence-corrected chi connectivity index (χ0v) is 14.2. The fraction of sp³-hybridized carbons (Fsp3) is 0.600. The summed E-state index contributed by atoms with van der Waals surface area (Å²) < 4.78 is 0.809. The van der Waals surface area contributed by atoms with Crippen LogP contribution in [0.2, 0.25) is 0 Å². The number of nitrogens with zero attached hydrogens (tertiary/aromatic N) is 2. The number of carbonyl (C=O) groups is 1. The molecule has 0 aliphatic carbocycles. The Hall–Kier alpha value is -1.14. The Bertz CT molecular complexity index is 495. The fourth-order valence-electron chi connectivity index (χ4n) is 2.63. The van der Waals surface area contributed by atoms with Crippen molar-refractivity contribution in [1.82, 2.24) is 15.2 Å². The van der Waals surface area contributed by atoms with Gasteiger partial charge in [0.1, 0.15) is 5.82 Å². The molecule has 5 nitrogen and oxygen atoms in total. The highest BCUT2D eigenvalue weighted by Gasteiger charge is 2.20. The Balaban J connectivity index is 2.00. The third-order valence-corrected chi connectivity index (χ3v) is 4.30. The second-order valence-electron chi connectivity index (χ2n) is 5.42. The number of hydrogen-bond donors (Lipinski definition) is 2. The van der Waals surface area contributed by atoms with Crippen LogP contribution in [0, 0.1) is 0 Å². The molecule has 0 aromatic carbocycles. The van der Waals surface area contributed by atoms with Crippen molar-refractivity contribution in [2.24, 2.45) is 0 Å². The van der Waals surface area contributed by atoms with Crippen LogP contribution >= 0.6 is 15.9 Å². The third kappa shape index (κ3) is 4.41. The highest BCUT2D eigenvalue weighted by atomic mass is 79.9. The first-order chi connectivity index (χ1) is 10.1. The van der Waals surface area contributed by atoms with E-state index in [0.29, 0.717) is 24.0 Å². The molecule has 1 unspecified atom stereocenters. The first-order valence-corrected chi connectivity index (χ1v) is 8.29. The van der Waals surface area contributed by atoms with Crippen molar-refractivity contribution >= 4 is 27.7 Å². The molecule has 1 aliphatic rings. The Morgan fingerprint density at radius 1 is 1.52 bits per heavy atom. The Morgan fingerprint density at radius 2 is 2.33 bits per heavy atom. The number of likely N-dealkylation sites (N-methyl/N-ethyl adjacent to an activating group) is 1. The highest BCUT2D eigenvalue weighted by Crippen LogP contribution is 2.18. The summed E-state index contributed by atoms with van der Waals surface area (Å²) in [5.74, 6) is 0.564. The number of aromatic nitrogens is 1. The maximum Gasteiger partial charge on any atom is 0.255 e. The fourth-order valence-corrected chi connectivity index (χ4v) is 2.96. The number of rotatable bonds is 5. The van der Waals surface area contributed by atoms with Gasteiger partial charge in [0.25, 0.3) is 5.91 Å². The van der Waals surface area contributed by atoms with Crippen LogP contribution in [-0.4, -0.2) is 48.5 Å². The zero-order valence-electron chi connectivity index (χ0n) is 12.7. The van der Waals surface area contributed by atoms with Gasteiger partial charge in [-0.25, -0.2) is 4.98 Å². The number of carbonyl (C=O) groups excluding carboxylic acids is 1. The van der Waals surface area contributed by atoms with Crippen molar-refractivity contribution in [3.63, 3.8) is 0 Å². The molecule has 1 saturated heterocycles. The molecule has 2 heterocycles. The van der Waals surface area contributed by atoms with E-state index in [0.717, 1.165) is 24.0 Å². The molecule has 1 amide bonds. The quantitative estimate of drug-likeness (QED) is 0.852. The summed E-state index contributed by atoms with van der Waals surface area (Å²) >= 11 is 3.37. The summed E-state index contributed by atoms with van der Waals surface area (Å²) in [6.07, 6.45) is 5.34. The van der Waals surface area contributed by atoms with Gasteiger partial charge in [-0.2, -0.15) is 0 Å². The maximum absolute atomic E-state index is 12.4. The van der Waals surface area contributed by atoms with E-state index in [1.54, 1.807) is 6.20 Å². The van der Waals surface area contributed by atoms with E-state index >= 15 is 0 Å². The molecule has 1 aromatic rings. The number of halogens is 1. The average molecular weight is 355 g/mol. The van der Waals surface area contributed by atoms with Gasteiger partial charge < -0.3 is 15.5 Å². The topological polar surface area (TPSA) is 57.3 Å². The van der Waals surface area contributed by atoms with Crippen LogP contribution in [0.25, 0.3) is 0 Å². The summed E-state index contributed by atoms with van der Waals surface area (Å²) in [6, 6.07) is 2.25. The summed E-state index contributed by atoms with van der Waals surface area (Å²) in [5.41, 5.74) is 0.588. The molecule has 2 N–H and O–H groups in total. The van der Waals surface area contributed by atoms with Gasteiger partial charge in [0.15, 0.2) is 0 Å². The van der Waals surface area contributed by atoms with E-state index in [9.17, 15) is 4.79 Å². The standard InChI is InChI=1S/C15H23BrN4O/c1-3-17-14-13(8-11(16)9-18-14)15(21)19-10-12-6-4-5-7-20(12)2/h8-9,12H,3-7,10H2,1-2H3,(H,17,18)(H,19,21). The first-order valence-electron chi connectivity index (χ1n) is 7.49. The molecular formula is C15H23BrN4O. The normalized spacial score (nSPS) is 19.3. The van der Waals surface area contributed by atoms with Crippen molar-refractivity contribution < 1.29 is 4.79 Å². The van der Waals surface area contributed by atoms with Crippen molar-refractivity contribution in [2.75, 3.05) is 32.0 Å². The Kier molecular flexibility index (Phi) is 5.99. The molecule has 116 valence electrons. The zero-order chi connectivity index (χ0) is 15.2. The third-order valence-electron chi connectivity index (χ3n) is 3.86. The van der Waals surface area contributed by atoms with Gasteiger partial charge in [0.05, 0.1) is 5.56 Å². The minimum atomic E-state index is -0.0706. The summed E-state index contributed by atoms with van der Waals surface area (Å²) in [7, 11) is 2.13. The maximum atomic E-state index is 12.4. The predicted octanol–water partition coefficient (Wildman–Crippen LogP) is 2.49. The van der Waals surface area contributed by atoms with E-state index in [2.05, 4.69) is 43.5 Å². The molecule has 1 fully saturated rings. The number of nitrogens with one attached hydrogen (secondary N) is 2. The molecule has 0 bridgehead atoms. The lowest BCUT2D eigenvalue weighted by Gasteiger charge is -2.32. The average Bonchev–Trinajstić information content (AvgIpc) is 2.48. The minimum Gasteiger partial charge on any atom is -0.370 e. The van der Waals surface area contributed by atoms with Gasteiger partial charge in [0, 0.05) is 29.8 Å². The molecule has 21 heavy (non-hydrogen) atoms. The first kappa shape index (κ1) is 16.2. The lowest BCUT2D eigenvalue weighted by Crippen LogP contribution is -2.44. The van der Waals surface area contributed by atoms with Gasteiger partial charge in [-0.1, -0.05) is 6.42 Å². The molecule has 0 radical (unpaired) electrons. The van der Waals surface area contributed by atoms with Crippen molar-refractivity contribution in [1.29, 1.82) is 0 Å². The van der Waals surface area contributed by atoms with Crippen LogP contribution in [0.5, 0.6) is 0 Å². The number of anilines is 1. The van der Waals surface area contributed by atoms with Crippen LogP contribution in [0.15, 0.2) is 16.7 Å². The van der Waals surface area contributed by atoms with E-state index < -0.39 is 0 Å². The van der Waals surface area contributed by atoms with Crippen LogP contribution in [-0.2, 0) is 0 Å². The number of hydrogen-bond acceptors (Lipinski definition) is 4. The van der Waals surface area contributed by atoms with Crippen molar-refractivity contribution in [2.45, 2.75) is 32.2 Å². The molecule has 0 saturated carbocycles. The van der Waals surface area contributed by atoms with E-state index in [1.807, 2.05) is 13.0 Å². The molecule has 1 atom stereocenters. The van der Waals surface area contributed by atoms with Gasteiger partial charge in [-0.3, -0.25) is 4.79 Å². The summed E-state index contributed by atoms with van der Waals surface area (Å²) in [6.45, 7) is 4.53. The lowest BCUT2D eigenvalue weighted by atomic mass is 10.0. The largest absolute Gasteiger partial charge is 0.370 e. The molecule has 1 aliphatic heterocycles. The predicted molar refractivity (Wildman–Crippen MR) is 88.7 cm³/mol. The second kappa shape index (κ2) is 7.75. The molecule has 0 spiro atoms. The van der Waals surface area contributed by atoms with E-state index in [-0.39, 0.29) is 5.91 Å². The SMILES string of the molecule is CCNc1ncc(Br)cc1C(=O)NCC1CCCCN1C. The molecular weight excluding hydrogens is 332 g/mol. The molecule has 2 rings (SSSR count). The number of amides is 1. The molecule has 1 aromatic heterocycles. The van der Waals surface area contributed by atoms with Gasteiger partial charge in [-0.15, -0.1) is 0 Å². The van der Waals surface area contributed by atoms with Crippen molar-refractivity contribution in [3.05, 3.63) is 22.3 Å². The number of pyridine rings is 1. The smallest absolute Gasteiger partial charge is 0.255 e. The van der Waals surface area contributed by atoms with Gasteiger partial charge in [-0.05, 0) is 55.4 Å². The second-order valence-corrected chi connectivity index (χ2v) is 6.34. The van der Waals surface area contributed by atoms with Gasteiger partial charge >= 0.3 is 0 Å². The summed E-state index contributed by atoms with van der Waals surface area (Å²) in [4.78, 5) is 19.0. The van der Waals surface area contributed by atoms with Crippen molar-refractivity contribution in [3.8, 4) is 0 Å². The lowest BCUT2D eigenvalue weighted by molar-refractivity contribution is 0.0929. The van der Waals surface area contributed by atoms with E-state index in [4.69, 9.17) is 0 Å². The van der Waals surface area contributed by atoms with E-state index in [1.165, 1.54) is 12.8 Å². The Labute approximate surface area is 134 Å². The monoisotopic (exact) mass is 354 g/mol. The highest BCUT2D eigenvalue weighted by molar-refractivity contribution is 9.10. The molecule has 6 heteroatoms. The van der Waals surface area contributed by atoms with Crippen LogP contribution in [0.3, 0.4) is 0 Å². The number of piperidine rings is 1. The van der Waals surface area contributed by atoms with Crippen LogP contribution in [0.4, 0.5) is 5.82 Å². The number of likely N-dealkylation sites (tertiary alicyclic amines) is 1.